The molecule has 0 radical (unpaired) electrons. The molecule has 2 fully saturated rings. The Morgan fingerprint density at radius 1 is 1.30 bits per heavy atom. The van der Waals surface area contributed by atoms with E-state index in [2.05, 4.69) is 10.2 Å². The summed E-state index contributed by atoms with van der Waals surface area (Å²) in [7, 11) is 0. The molecular weight excluding hydrogens is 260 g/mol. The van der Waals surface area contributed by atoms with Gasteiger partial charge in [-0.2, -0.15) is 5.10 Å². The molecule has 1 aromatic heterocycles. The number of nitrogens with zero attached hydrogens (tertiary/aromatic N) is 3. The van der Waals surface area contributed by atoms with Crippen molar-refractivity contribution in [3.05, 3.63) is 17.5 Å². The number of carboxylic acid groups (broad SMARTS) is 1. The number of likely N-dealkylation sites (tertiary alicyclic amines) is 2. The largest absolute Gasteiger partial charge is 0.465 e. The summed E-state index contributed by atoms with van der Waals surface area (Å²) >= 11 is 0. The second kappa shape index (κ2) is 4.22. The van der Waals surface area contributed by atoms with Gasteiger partial charge >= 0.3 is 6.09 Å². The normalized spacial score (nSPS) is 19.9. The second-order valence-electron chi connectivity index (χ2n) is 6.16. The van der Waals surface area contributed by atoms with E-state index in [0.717, 1.165) is 5.69 Å². The molecule has 2 amide bonds. The highest BCUT2D eigenvalue weighted by Gasteiger charge is 2.54. The summed E-state index contributed by atoms with van der Waals surface area (Å²) in [4.78, 5) is 26.1. The van der Waals surface area contributed by atoms with Crippen molar-refractivity contribution in [2.75, 3.05) is 26.2 Å². The number of hydrogen-bond donors (Lipinski definition) is 2. The fraction of sp³-hybridized carbons (Fsp3) is 0.615. The zero-order valence-corrected chi connectivity index (χ0v) is 11.6. The van der Waals surface area contributed by atoms with Gasteiger partial charge in [0.2, 0.25) is 0 Å². The van der Waals surface area contributed by atoms with Crippen molar-refractivity contribution in [1.29, 1.82) is 0 Å². The first-order valence-corrected chi connectivity index (χ1v) is 6.73. The summed E-state index contributed by atoms with van der Waals surface area (Å²) in [6.45, 7) is 6.39. The summed E-state index contributed by atoms with van der Waals surface area (Å²) in [5.41, 5.74) is 1.38. The molecular formula is C13H18N4O3. The molecule has 0 unspecified atom stereocenters. The number of aromatic amines is 1. The molecule has 3 heterocycles. The molecule has 0 bridgehead atoms. The Balaban J connectivity index is 1.57. The molecule has 7 nitrogen and oxygen atoms in total. The van der Waals surface area contributed by atoms with Crippen LogP contribution in [0.3, 0.4) is 0 Å². The van der Waals surface area contributed by atoms with Gasteiger partial charge in [-0.3, -0.25) is 9.89 Å². The number of carbonyl (C=O) groups excluding carboxylic acids is 1. The van der Waals surface area contributed by atoms with Crippen LogP contribution in [0.5, 0.6) is 0 Å². The predicted octanol–water partition coefficient (Wildman–Crippen LogP) is 0.969. The molecule has 2 aliphatic rings. The highest BCUT2D eigenvalue weighted by Crippen LogP contribution is 2.40. The third-order valence-corrected chi connectivity index (χ3v) is 4.10. The van der Waals surface area contributed by atoms with Crippen molar-refractivity contribution < 1.29 is 14.7 Å². The zero-order valence-electron chi connectivity index (χ0n) is 11.6. The Labute approximate surface area is 116 Å². The van der Waals surface area contributed by atoms with Gasteiger partial charge in [0.25, 0.3) is 5.91 Å². The van der Waals surface area contributed by atoms with Crippen molar-refractivity contribution in [1.82, 2.24) is 20.0 Å². The van der Waals surface area contributed by atoms with E-state index in [4.69, 9.17) is 5.11 Å². The lowest BCUT2D eigenvalue weighted by Gasteiger charge is -2.59. The van der Waals surface area contributed by atoms with Crippen molar-refractivity contribution in [3.63, 3.8) is 0 Å². The Morgan fingerprint density at radius 2 is 1.90 bits per heavy atom. The van der Waals surface area contributed by atoms with E-state index in [1.807, 2.05) is 13.8 Å². The van der Waals surface area contributed by atoms with Gasteiger partial charge in [-0.05, 0) is 12.0 Å². The van der Waals surface area contributed by atoms with Crippen LogP contribution >= 0.6 is 0 Å². The van der Waals surface area contributed by atoms with Crippen LogP contribution in [-0.4, -0.2) is 63.3 Å². The number of hydrogen-bond acceptors (Lipinski definition) is 3. The predicted molar refractivity (Wildman–Crippen MR) is 70.6 cm³/mol. The summed E-state index contributed by atoms with van der Waals surface area (Å²) in [6.07, 6.45) is -0.880. The molecule has 0 atom stereocenters. The van der Waals surface area contributed by atoms with Gasteiger partial charge < -0.3 is 14.9 Å². The Kier molecular flexibility index (Phi) is 2.74. The number of carbonyl (C=O) groups is 2. The lowest BCUT2D eigenvalue weighted by Crippen LogP contribution is -2.73. The lowest BCUT2D eigenvalue weighted by molar-refractivity contribution is -0.0853. The van der Waals surface area contributed by atoms with Gasteiger partial charge in [0, 0.05) is 37.3 Å². The first-order chi connectivity index (χ1) is 9.40. The highest BCUT2D eigenvalue weighted by molar-refractivity contribution is 5.93. The van der Waals surface area contributed by atoms with Crippen LogP contribution in [0.2, 0.25) is 0 Å². The summed E-state index contributed by atoms with van der Waals surface area (Å²) in [5, 5.41) is 15.8. The molecule has 1 spiro atoms. The van der Waals surface area contributed by atoms with E-state index in [1.165, 1.54) is 4.90 Å². The standard InChI is InChI=1S/C13H18N4O3/c1-8(2)9-3-10(15-14-9)11(18)16-4-13(5-16)6-17(7-13)12(19)20/h3,8H,4-7H2,1-2H3,(H,14,15)(H,19,20). The van der Waals surface area contributed by atoms with Crippen LogP contribution in [-0.2, 0) is 0 Å². The molecule has 0 saturated carbocycles. The van der Waals surface area contributed by atoms with Gasteiger partial charge in [-0.1, -0.05) is 13.8 Å². The monoisotopic (exact) mass is 278 g/mol. The summed E-state index contributed by atoms with van der Waals surface area (Å²) in [5.74, 6) is 0.232. The number of amides is 2. The second-order valence-corrected chi connectivity index (χ2v) is 6.16. The third kappa shape index (κ3) is 1.93. The molecule has 2 aliphatic heterocycles. The number of aromatic nitrogens is 2. The number of rotatable bonds is 2. The van der Waals surface area contributed by atoms with Crippen LogP contribution in [0.25, 0.3) is 0 Å². The van der Waals surface area contributed by atoms with E-state index in [0.29, 0.717) is 37.8 Å². The summed E-state index contributed by atoms with van der Waals surface area (Å²) in [6, 6.07) is 1.79. The van der Waals surface area contributed by atoms with Gasteiger partial charge in [-0.25, -0.2) is 4.79 Å². The Morgan fingerprint density at radius 3 is 2.40 bits per heavy atom. The molecule has 1 aromatic rings. The molecule has 20 heavy (non-hydrogen) atoms. The van der Waals surface area contributed by atoms with Gasteiger partial charge in [0.05, 0.1) is 0 Å². The van der Waals surface area contributed by atoms with Gasteiger partial charge in [-0.15, -0.1) is 0 Å². The van der Waals surface area contributed by atoms with Crippen molar-refractivity contribution in [2.45, 2.75) is 19.8 Å². The molecule has 3 rings (SSSR count). The minimum atomic E-state index is -0.880. The molecule has 7 heteroatoms. The SMILES string of the molecule is CC(C)c1cc(C(=O)N2CC3(CN(C(=O)O)C3)C2)n[nH]1. The van der Waals surface area contributed by atoms with Crippen LogP contribution in [0.4, 0.5) is 4.79 Å². The fourth-order valence-corrected chi connectivity index (χ4v) is 2.91. The lowest BCUT2D eigenvalue weighted by atomic mass is 9.73. The minimum absolute atomic E-state index is 0.00870. The maximum atomic E-state index is 12.2. The third-order valence-electron chi connectivity index (χ3n) is 4.10. The fourth-order valence-electron chi connectivity index (χ4n) is 2.91. The van der Waals surface area contributed by atoms with Crippen LogP contribution in [0.1, 0.15) is 35.9 Å². The zero-order chi connectivity index (χ0) is 14.5. The summed E-state index contributed by atoms with van der Waals surface area (Å²) < 4.78 is 0. The first-order valence-electron chi connectivity index (χ1n) is 6.73. The topological polar surface area (TPSA) is 89.5 Å². The maximum absolute atomic E-state index is 12.2. The van der Waals surface area contributed by atoms with E-state index in [9.17, 15) is 9.59 Å². The van der Waals surface area contributed by atoms with E-state index in [-0.39, 0.29) is 11.3 Å². The number of H-pyrrole nitrogens is 1. The molecule has 0 aromatic carbocycles. The molecule has 108 valence electrons. The van der Waals surface area contributed by atoms with Crippen LogP contribution in [0.15, 0.2) is 6.07 Å². The average molecular weight is 278 g/mol. The van der Waals surface area contributed by atoms with Crippen LogP contribution < -0.4 is 0 Å². The van der Waals surface area contributed by atoms with Crippen molar-refractivity contribution in [3.8, 4) is 0 Å². The molecule has 2 N–H and O–H groups in total. The first kappa shape index (κ1) is 13.0. The molecule has 2 saturated heterocycles. The number of nitrogens with one attached hydrogen (secondary N) is 1. The smallest absolute Gasteiger partial charge is 0.407 e. The quantitative estimate of drug-likeness (QED) is 0.843. The highest BCUT2D eigenvalue weighted by atomic mass is 16.4. The Hall–Kier alpha value is -2.05. The van der Waals surface area contributed by atoms with E-state index >= 15 is 0 Å². The minimum Gasteiger partial charge on any atom is -0.465 e. The van der Waals surface area contributed by atoms with Crippen LogP contribution in [0, 0.1) is 5.41 Å². The van der Waals surface area contributed by atoms with Gasteiger partial charge in [0.1, 0.15) is 5.69 Å². The van der Waals surface area contributed by atoms with Gasteiger partial charge in [0.15, 0.2) is 0 Å². The van der Waals surface area contributed by atoms with Crippen molar-refractivity contribution >= 4 is 12.0 Å². The average Bonchev–Trinajstić information content (AvgIpc) is 2.73. The Bertz CT molecular complexity index is 552. The van der Waals surface area contributed by atoms with Crippen molar-refractivity contribution in [2.24, 2.45) is 5.41 Å². The maximum Gasteiger partial charge on any atom is 0.407 e. The molecule has 0 aliphatic carbocycles. The van der Waals surface area contributed by atoms with E-state index < -0.39 is 6.09 Å². The van der Waals surface area contributed by atoms with E-state index in [1.54, 1.807) is 11.0 Å².